The summed E-state index contributed by atoms with van der Waals surface area (Å²) in [6, 6.07) is 23.0. The number of aromatic nitrogens is 4. The summed E-state index contributed by atoms with van der Waals surface area (Å²) in [6.07, 6.45) is 0. The number of nitro groups is 2. The number of benzene rings is 4. The Balaban J connectivity index is 0.000000195. The second-order valence-corrected chi connectivity index (χ2v) is 12.4. The van der Waals surface area contributed by atoms with E-state index in [0.717, 1.165) is 18.2 Å². The van der Waals surface area contributed by atoms with E-state index >= 15 is 0 Å². The molecule has 4 N–H and O–H groups in total. The molecule has 0 aliphatic carbocycles. The van der Waals surface area contributed by atoms with E-state index < -0.39 is 26.9 Å². The van der Waals surface area contributed by atoms with Gasteiger partial charge in [0.2, 0.25) is 11.6 Å². The van der Waals surface area contributed by atoms with Gasteiger partial charge in [0.1, 0.15) is 45.9 Å². The number of hydrogen-bond acceptors (Lipinski definition) is 14. The molecule has 4 heterocycles. The monoisotopic (exact) mass is 835 g/mol. The van der Waals surface area contributed by atoms with Crippen LogP contribution in [0.15, 0.2) is 110 Å². The molecule has 0 unspecified atom stereocenters. The van der Waals surface area contributed by atoms with Gasteiger partial charge in [-0.15, -0.1) is 20.5 Å². The fraction of sp³-hybridized carbons (Fsp3) is 0.0526. The van der Waals surface area contributed by atoms with E-state index in [-0.39, 0.29) is 68.0 Å². The van der Waals surface area contributed by atoms with Crippen LogP contribution in [0.25, 0.3) is 38.2 Å². The Morgan fingerprint density at radius 3 is 1.92 bits per heavy atom. The maximum atomic E-state index is 13.1. The number of phenols is 2. The van der Waals surface area contributed by atoms with Crippen molar-refractivity contribution in [1.82, 2.24) is 18.8 Å². The third-order valence-electron chi connectivity index (χ3n) is 8.98. The molecule has 8 aromatic rings. The second kappa shape index (κ2) is 15.9. The number of rotatable bonds is 6. The molecule has 0 spiro atoms. The van der Waals surface area contributed by atoms with Gasteiger partial charge < -0.3 is 20.3 Å². The van der Waals surface area contributed by atoms with Crippen LogP contribution < -0.4 is 5.56 Å². The summed E-state index contributed by atoms with van der Waals surface area (Å²) in [6.45, 7) is 10.7. The topological polar surface area (TPSA) is 279 Å². The van der Waals surface area contributed by atoms with E-state index in [4.69, 9.17) is 6.57 Å². The first kappa shape index (κ1) is 40.1. The Labute approximate surface area is 339 Å². The Hall–Kier alpha value is -8.53. The zero-order chi connectivity index (χ0) is 41.4. The van der Waals surface area contributed by atoms with Crippen molar-refractivity contribution in [1.29, 1.82) is 5.26 Å². The van der Waals surface area contributed by atoms with Crippen LogP contribution in [0.2, 0.25) is 0 Å². The minimum atomic E-state index is -0.651. The molecule has 1 radical (unpaired) electrons. The molecule has 20 nitrogen and oxygen atoms in total. The molecule has 21 heteroatoms. The Bertz CT molecular complexity index is 3270. The number of para-hydroxylation sites is 4. The molecule has 4 aromatic carbocycles. The van der Waals surface area contributed by atoms with E-state index in [2.05, 4.69) is 41.3 Å². The third kappa shape index (κ3) is 7.08. The number of nitrogens with one attached hydrogen (secondary N) is 1. The zero-order valence-electron chi connectivity index (χ0n) is 30.2. The van der Waals surface area contributed by atoms with Crippen molar-refractivity contribution < 1.29 is 41.9 Å². The van der Waals surface area contributed by atoms with Crippen LogP contribution in [0.5, 0.6) is 17.4 Å². The molecule has 8 rings (SSSR count). The van der Waals surface area contributed by atoms with Gasteiger partial charge in [-0.3, -0.25) is 33.8 Å². The van der Waals surface area contributed by atoms with Crippen molar-refractivity contribution in [2.75, 3.05) is 0 Å². The van der Waals surface area contributed by atoms with Crippen molar-refractivity contribution in [2.24, 2.45) is 20.5 Å². The normalized spacial score (nSPS) is 11.1. The number of H-pyrrole nitrogens is 1. The summed E-state index contributed by atoms with van der Waals surface area (Å²) in [5.41, 5.74) is 3.09. The number of nitro benzene ring substituents is 2. The average Bonchev–Trinajstić information content (AvgIpc) is 3.78. The van der Waals surface area contributed by atoms with Crippen LogP contribution in [0, 0.1) is 52.0 Å². The molecule has 59 heavy (non-hydrogen) atoms. The molecule has 0 amide bonds. The molecular formula is C38H24CoN12O8. The summed E-state index contributed by atoms with van der Waals surface area (Å²) in [7, 11) is 0. The molecule has 0 bridgehead atoms. The van der Waals surface area contributed by atoms with Crippen molar-refractivity contribution in [3.05, 3.63) is 144 Å². The number of pyridine rings is 2. The van der Waals surface area contributed by atoms with E-state index in [0.29, 0.717) is 44.5 Å². The van der Waals surface area contributed by atoms with Crippen LogP contribution in [-0.2, 0) is 16.8 Å². The zero-order valence-corrected chi connectivity index (χ0v) is 31.3. The molecule has 0 atom stereocenters. The van der Waals surface area contributed by atoms with Crippen molar-refractivity contribution in [3.63, 3.8) is 0 Å². The number of azo groups is 2. The Morgan fingerprint density at radius 2 is 1.36 bits per heavy atom. The predicted molar refractivity (Wildman–Crippen MR) is 208 cm³/mol. The SMILES string of the molecule is Cc1c(N=Nc2ccc([N+](=O)[O-])cc2O)c(=O)n2c([nH]c3ccccc32)c1C#N.[C-]#[N+]c1c(C)c(N=Nc2ccc([N+](=O)[O-])cc2O)c(O)n2c1nc1ccccc12.[Co]. The van der Waals surface area contributed by atoms with Gasteiger partial charge in [-0.25, -0.2) is 9.83 Å². The molecule has 0 aliphatic rings. The van der Waals surface area contributed by atoms with Crippen molar-refractivity contribution in [2.45, 2.75) is 13.8 Å². The first-order valence-corrected chi connectivity index (χ1v) is 16.7. The number of aromatic hydroxyl groups is 3. The van der Waals surface area contributed by atoms with Crippen molar-refractivity contribution in [3.8, 4) is 23.4 Å². The number of hydrogen-bond donors (Lipinski definition) is 4. The number of aromatic amines is 1. The minimum absolute atomic E-state index is 0. The number of nitrogens with zero attached hydrogens (tertiary/aromatic N) is 11. The summed E-state index contributed by atoms with van der Waals surface area (Å²) >= 11 is 0. The summed E-state index contributed by atoms with van der Waals surface area (Å²) in [5.74, 6) is -1.14. The average molecular weight is 836 g/mol. The quantitative estimate of drug-likeness (QED) is 0.0533. The number of nitriles is 1. The van der Waals surface area contributed by atoms with Crippen LogP contribution in [0.3, 0.4) is 0 Å². The van der Waals surface area contributed by atoms with Crippen LogP contribution in [0.4, 0.5) is 39.8 Å². The molecular weight excluding hydrogens is 811 g/mol. The summed E-state index contributed by atoms with van der Waals surface area (Å²) < 4.78 is 2.77. The standard InChI is InChI=1S/2C19H12N6O4.Co/c1-10-16(20-2)18-21-12-5-3-4-6-14(12)24(18)19(27)17(10)23-22-13-8-7-11(25(28)29)9-15(13)26;1-10-12(9-20)18-21-13-4-2-3-5-15(13)24(18)19(27)17(10)23-22-14-7-6-11(25(28)29)8-16(14)26;/h3-9,26-27H,1H3;2-8,21,26H,1H3;. The summed E-state index contributed by atoms with van der Waals surface area (Å²) in [5, 5.41) is 77.6. The van der Waals surface area contributed by atoms with Gasteiger partial charge >= 0.3 is 0 Å². The Kier molecular flexibility index (Phi) is 10.8. The van der Waals surface area contributed by atoms with Gasteiger partial charge in [0, 0.05) is 34.5 Å². The Morgan fingerprint density at radius 1 is 0.797 bits per heavy atom. The molecule has 293 valence electrons. The molecule has 0 saturated heterocycles. The first-order valence-electron chi connectivity index (χ1n) is 16.7. The van der Waals surface area contributed by atoms with E-state index in [1.807, 2.05) is 0 Å². The molecule has 4 aromatic heterocycles. The maximum absolute atomic E-state index is 13.1. The number of non-ortho nitro benzene ring substituents is 2. The number of fused-ring (bicyclic) bond motifs is 6. The second-order valence-electron chi connectivity index (χ2n) is 12.4. The first-order chi connectivity index (χ1) is 27.8. The predicted octanol–water partition coefficient (Wildman–Crippen LogP) is 9.07. The van der Waals surface area contributed by atoms with Crippen molar-refractivity contribution >= 4 is 73.2 Å². The van der Waals surface area contributed by atoms with Gasteiger partial charge in [-0.1, -0.05) is 24.3 Å². The van der Waals surface area contributed by atoms with Crippen LogP contribution >= 0.6 is 0 Å². The maximum Gasteiger partial charge on any atom is 0.284 e. The fourth-order valence-electron chi connectivity index (χ4n) is 6.11. The van der Waals surface area contributed by atoms with E-state index in [1.165, 1.54) is 27.0 Å². The van der Waals surface area contributed by atoms with E-state index in [1.54, 1.807) is 62.4 Å². The van der Waals surface area contributed by atoms with Gasteiger partial charge in [-0.05, 0) is 55.8 Å². The smallest absolute Gasteiger partial charge is 0.284 e. The molecule has 0 saturated carbocycles. The molecule has 0 fully saturated rings. The largest absolute Gasteiger partial charge is 0.505 e. The van der Waals surface area contributed by atoms with Gasteiger partial charge in [0.05, 0.1) is 56.2 Å². The van der Waals surface area contributed by atoms with Crippen LogP contribution in [0.1, 0.15) is 16.7 Å². The molecule has 0 aliphatic heterocycles. The minimum Gasteiger partial charge on any atom is -0.505 e. The van der Waals surface area contributed by atoms with Crippen LogP contribution in [-0.4, -0.2) is 43.9 Å². The third-order valence-corrected chi connectivity index (χ3v) is 8.98. The fourth-order valence-corrected chi connectivity index (χ4v) is 6.11. The summed E-state index contributed by atoms with van der Waals surface area (Å²) in [4.78, 5) is 44.3. The van der Waals surface area contributed by atoms with Gasteiger partial charge in [0.25, 0.3) is 16.9 Å². The van der Waals surface area contributed by atoms with Gasteiger partial charge in [0.15, 0.2) is 5.69 Å². The van der Waals surface area contributed by atoms with E-state index in [9.17, 15) is 45.6 Å². The van der Waals surface area contributed by atoms with Gasteiger partial charge in [-0.2, -0.15) is 5.26 Å². The number of phenolic OH excluding ortho intramolecular Hbond substituents is 2. The number of imidazole rings is 2.